The largest absolute Gasteiger partial charge is 0.364 e. The Morgan fingerprint density at radius 2 is 2.20 bits per heavy atom. The Bertz CT molecular complexity index is 102. The van der Waals surface area contributed by atoms with Crippen molar-refractivity contribution in [3.8, 4) is 0 Å². The quantitative estimate of drug-likeness (QED) is 0.480. The summed E-state index contributed by atoms with van der Waals surface area (Å²) in [7, 11) is 3.93. The second-order valence-electron chi connectivity index (χ2n) is 2.23. The van der Waals surface area contributed by atoms with E-state index < -0.39 is 0 Å². The lowest BCUT2D eigenvalue weighted by molar-refractivity contribution is 0.648. The van der Waals surface area contributed by atoms with Crippen LogP contribution in [0.1, 0.15) is 19.8 Å². The normalized spacial score (nSPS) is 9.50. The SMILES string of the molecule is CCC[CH]SC(=S)N(C)C. The van der Waals surface area contributed by atoms with Crippen molar-refractivity contribution in [3.63, 3.8) is 0 Å². The number of thioether (sulfide) groups is 1. The van der Waals surface area contributed by atoms with Crippen molar-refractivity contribution in [1.29, 1.82) is 0 Å². The molecule has 0 aromatic heterocycles. The van der Waals surface area contributed by atoms with Crippen LogP contribution in [-0.4, -0.2) is 23.3 Å². The zero-order valence-corrected chi connectivity index (χ0v) is 8.39. The number of hydrogen-bond donors (Lipinski definition) is 0. The number of nitrogens with zero attached hydrogens (tertiary/aromatic N) is 1. The van der Waals surface area contributed by atoms with Gasteiger partial charge < -0.3 is 4.90 Å². The van der Waals surface area contributed by atoms with Gasteiger partial charge in [-0.3, -0.25) is 0 Å². The van der Waals surface area contributed by atoms with Gasteiger partial charge in [0.2, 0.25) is 0 Å². The van der Waals surface area contributed by atoms with Gasteiger partial charge in [0, 0.05) is 19.8 Å². The molecule has 0 bridgehead atoms. The van der Waals surface area contributed by atoms with Crippen LogP contribution in [0.25, 0.3) is 0 Å². The van der Waals surface area contributed by atoms with Crippen LogP contribution < -0.4 is 0 Å². The lowest BCUT2D eigenvalue weighted by atomic mass is 10.4. The second-order valence-corrected chi connectivity index (χ2v) is 3.83. The molecule has 0 aromatic carbocycles. The Labute approximate surface area is 73.2 Å². The zero-order valence-electron chi connectivity index (χ0n) is 6.76. The molecule has 0 saturated carbocycles. The first-order chi connectivity index (χ1) is 4.68. The van der Waals surface area contributed by atoms with Gasteiger partial charge in [0.05, 0.1) is 0 Å². The van der Waals surface area contributed by atoms with Crippen molar-refractivity contribution in [1.82, 2.24) is 4.90 Å². The molecular formula is C7H14NS2. The molecule has 10 heavy (non-hydrogen) atoms. The molecular weight excluding hydrogens is 162 g/mol. The van der Waals surface area contributed by atoms with Gasteiger partial charge in [-0.25, -0.2) is 0 Å². The van der Waals surface area contributed by atoms with E-state index in [1.165, 1.54) is 6.42 Å². The Balaban J connectivity index is 3.22. The molecule has 0 aromatic rings. The monoisotopic (exact) mass is 176 g/mol. The number of rotatable bonds is 3. The summed E-state index contributed by atoms with van der Waals surface area (Å²) in [5.74, 6) is 2.16. The molecule has 0 fully saturated rings. The Morgan fingerprint density at radius 3 is 2.60 bits per heavy atom. The summed E-state index contributed by atoms with van der Waals surface area (Å²) in [5.41, 5.74) is 0. The predicted molar refractivity (Wildman–Crippen MR) is 53.1 cm³/mol. The summed E-state index contributed by atoms with van der Waals surface area (Å²) >= 11 is 6.69. The summed E-state index contributed by atoms with van der Waals surface area (Å²) < 4.78 is 0.938. The van der Waals surface area contributed by atoms with Gasteiger partial charge in [-0.05, 0) is 6.42 Å². The molecule has 0 aliphatic rings. The first-order valence-corrected chi connectivity index (χ1v) is 4.67. The second kappa shape index (κ2) is 5.98. The summed E-state index contributed by atoms with van der Waals surface area (Å²) in [4.78, 5) is 1.95. The molecule has 0 rings (SSSR count). The third-order valence-electron chi connectivity index (χ3n) is 0.956. The first kappa shape index (κ1) is 10.2. The van der Waals surface area contributed by atoms with E-state index in [9.17, 15) is 0 Å². The fourth-order valence-corrected chi connectivity index (χ4v) is 1.26. The predicted octanol–water partition coefficient (Wildman–Crippen LogP) is 2.53. The van der Waals surface area contributed by atoms with Gasteiger partial charge in [0.1, 0.15) is 4.32 Å². The van der Waals surface area contributed by atoms with Gasteiger partial charge in [0.15, 0.2) is 0 Å². The van der Waals surface area contributed by atoms with Gasteiger partial charge in [-0.15, -0.1) is 0 Å². The van der Waals surface area contributed by atoms with Crippen LogP contribution in [0.15, 0.2) is 0 Å². The average molecular weight is 176 g/mol. The maximum atomic E-state index is 5.05. The molecule has 0 unspecified atom stereocenters. The highest BCUT2D eigenvalue weighted by Gasteiger charge is 1.97. The van der Waals surface area contributed by atoms with Gasteiger partial charge in [-0.2, -0.15) is 0 Å². The molecule has 1 nitrogen and oxygen atoms in total. The molecule has 1 radical (unpaired) electrons. The lowest BCUT2D eigenvalue weighted by Gasteiger charge is -2.11. The Morgan fingerprint density at radius 1 is 1.60 bits per heavy atom. The Kier molecular flexibility index (Phi) is 6.13. The highest BCUT2D eigenvalue weighted by atomic mass is 32.2. The fraction of sp³-hybridized carbons (Fsp3) is 0.714. The minimum absolute atomic E-state index is 0.938. The number of thiocarbonyl (C=S) groups is 1. The van der Waals surface area contributed by atoms with Crippen LogP contribution in [0.2, 0.25) is 0 Å². The summed E-state index contributed by atoms with van der Waals surface area (Å²) in [6.07, 6.45) is 2.34. The van der Waals surface area contributed by atoms with E-state index >= 15 is 0 Å². The number of hydrogen-bond acceptors (Lipinski definition) is 2. The van der Waals surface area contributed by atoms with E-state index in [4.69, 9.17) is 12.2 Å². The van der Waals surface area contributed by atoms with Crippen LogP contribution >= 0.6 is 24.0 Å². The number of unbranched alkanes of at least 4 members (excludes halogenated alkanes) is 1. The molecule has 0 N–H and O–H groups in total. The average Bonchev–Trinajstić information content (AvgIpc) is 1.88. The zero-order chi connectivity index (χ0) is 7.98. The van der Waals surface area contributed by atoms with Gasteiger partial charge in [0.25, 0.3) is 0 Å². The van der Waals surface area contributed by atoms with E-state index in [0.29, 0.717) is 0 Å². The summed E-state index contributed by atoms with van der Waals surface area (Å²) in [6.45, 7) is 2.16. The molecule has 0 heterocycles. The van der Waals surface area contributed by atoms with Crippen molar-refractivity contribution < 1.29 is 0 Å². The topological polar surface area (TPSA) is 3.24 Å². The molecule has 0 aliphatic heterocycles. The summed E-state index contributed by atoms with van der Waals surface area (Å²) in [6, 6.07) is 0. The molecule has 0 atom stereocenters. The minimum Gasteiger partial charge on any atom is -0.364 e. The van der Waals surface area contributed by atoms with E-state index in [-0.39, 0.29) is 0 Å². The maximum absolute atomic E-state index is 5.05. The molecule has 0 spiro atoms. The lowest BCUT2D eigenvalue weighted by Crippen LogP contribution is -2.15. The van der Waals surface area contributed by atoms with Crippen LogP contribution in [0.3, 0.4) is 0 Å². The standard InChI is InChI=1S/C7H14NS2/c1-4-5-6-10-7(9)8(2)3/h6H,4-5H2,1-3H3. The van der Waals surface area contributed by atoms with Crippen LogP contribution in [-0.2, 0) is 0 Å². The molecule has 0 amide bonds. The first-order valence-electron chi connectivity index (χ1n) is 3.38. The third kappa shape index (κ3) is 5.06. The molecule has 0 saturated heterocycles. The highest BCUT2D eigenvalue weighted by Crippen LogP contribution is 2.13. The van der Waals surface area contributed by atoms with Crippen molar-refractivity contribution in [2.45, 2.75) is 19.8 Å². The maximum Gasteiger partial charge on any atom is 0.136 e. The summed E-state index contributed by atoms with van der Waals surface area (Å²) in [5, 5.41) is 0. The highest BCUT2D eigenvalue weighted by molar-refractivity contribution is 8.24. The smallest absolute Gasteiger partial charge is 0.136 e. The van der Waals surface area contributed by atoms with Gasteiger partial charge >= 0.3 is 0 Å². The van der Waals surface area contributed by atoms with E-state index in [2.05, 4.69) is 12.7 Å². The van der Waals surface area contributed by atoms with Crippen molar-refractivity contribution in [2.24, 2.45) is 0 Å². The fourth-order valence-electron chi connectivity index (χ4n) is 0.353. The van der Waals surface area contributed by atoms with E-state index in [0.717, 1.165) is 10.7 Å². The molecule has 59 valence electrons. The van der Waals surface area contributed by atoms with Crippen LogP contribution in [0.4, 0.5) is 0 Å². The van der Waals surface area contributed by atoms with Crippen molar-refractivity contribution >= 4 is 28.3 Å². The Hall–Kier alpha value is 0.240. The van der Waals surface area contributed by atoms with E-state index in [1.807, 2.05) is 19.0 Å². The molecule has 0 aliphatic carbocycles. The van der Waals surface area contributed by atoms with Gasteiger partial charge in [-0.1, -0.05) is 37.3 Å². The van der Waals surface area contributed by atoms with Crippen molar-refractivity contribution in [3.05, 3.63) is 5.75 Å². The van der Waals surface area contributed by atoms with E-state index in [1.54, 1.807) is 11.8 Å². The van der Waals surface area contributed by atoms with Crippen molar-refractivity contribution in [2.75, 3.05) is 14.1 Å². The minimum atomic E-state index is 0.938. The third-order valence-corrected chi connectivity index (χ3v) is 2.58. The molecule has 3 heteroatoms. The van der Waals surface area contributed by atoms with Crippen LogP contribution in [0.5, 0.6) is 0 Å². The van der Waals surface area contributed by atoms with Crippen LogP contribution in [0, 0.1) is 5.75 Å².